The summed E-state index contributed by atoms with van der Waals surface area (Å²) in [5.41, 5.74) is 0.708. The number of Topliss-reactive ketones (excluding diaryl/α,β-unsaturated/α-hetero) is 1. The van der Waals surface area contributed by atoms with Crippen molar-refractivity contribution >= 4 is 32.0 Å². The summed E-state index contributed by atoms with van der Waals surface area (Å²) in [6.45, 7) is -0.718. The number of benzene rings is 3. The van der Waals surface area contributed by atoms with Gasteiger partial charge >= 0.3 is 0 Å². The van der Waals surface area contributed by atoms with E-state index in [4.69, 9.17) is 0 Å². The molecule has 0 spiro atoms. The van der Waals surface area contributed by atoms with Gasteiger partial charge in [0.1, 0.15) is 0 Å². The van der Waals surface area contributed by atoms with Crippen LogP contribution in [0.1, 0.15) is 15.9 Å². The van der Waals surface area contributed by atoms with E-state index >= 15 is 0 Å². The molecule has 0 saturated carbocycles. The first-order valence-corrected chi connectivity index (χ1v) is 9.25. The second-order valence-electron chi connectivity index (χ2n) is 5.81. The van der Waals surface area contributed by atoms with Crippen LogP contribution in [0.2, 0.25) is 0 Å². The molecule has 0 amide bonds. The van der Waals surface area contributed by atoms with Crippen molar-refractivity contribution in [1.29, 1.82) is 0 Å². The molecule has 5 heteroatoms. The van der Waals surface area contributed by atoms with Crippen LogP contribution in [0.4, 0.5) is 0 Å². The number of carbonyl (C=O) groups excluding carboxylic acids is 1. The maximum atomic E-state index is 13.3. The molecule has 0 aliphatic carbocycles. The second-order valence-corrected chi connectivity index (χ2v) is 7.75. The van der Waals surface area contributed by atoms with Crippen LogP contribution in [0.25, 0.3) is 16.3 Å². The SMILES string of the molecule is O=C1C(c2ccccc2)=C(CO)S(=O)(=O)c2ccc3ccccc3c21. The van der Waals surface area contributed by atoms with Crippen molar-refractivity contribution in [1.82, 2.24) is 0 Å². The Morgan fingerprint density at radius 3 is 2.24 bits per heavy atom. The minimum atomic E-state index is -3.95. The smallest absolute Gasteiger partial charge is 0.206 e. The predicted molar refractivity (Wildman–Crippen MR) is 95.9 cm³/mol. The van der Waals surface area contributed by atoms with Gasteiger partial charge in [0.05, 0.1) is 16.4 Å². The fraction of sp³-hybridized carbons (Fsp3) is 0.0500. The van der Waals surface area contributed by atoms with Crippen molar-refractivity contribution in [3.8, 4) is 0 Å². The largest absolute Gasteiger partial charge is 0.391 e. The van der Waals surface area contributed by atoms with Crippen molar-refractivity contribution in [3.63, 3.8) is 0 Å². The number of rotatable bonds is 2. The van der Waals surface area contributed by atoms with Gasteiger partial charge in [0.15, 0.2) is 5.78 Å². The molecule has 0 bridgehead atoms. The maximum absolute atomic E-state index is 13.3. The number of sulfone groups is 1. The van der Waals surface area contributed by atoms with Crippen LogP contribution in [-0.2, 0) is 9.84 Å². The molecular weight excluding hydrogens is 336 g/mol. The van der Waals surface area contributed by atoms with Gasteiger partial charge in [-0.3, -0.25) is 4.79 Å². The molecule has 0 unspecified atom stereocenters. The van der Waals surface area contributed by atoms with Gasteiger partial charge in [-0.15, -0.1) is 0 Å². The molecule has 1 heterocycles. The zero-order valence-corrected chi connectivity index (χ0v) is 14.0. The Bertz CT molecular complexity index is 1140. The van der Waals surface area contributed by atoms with E-state index in [0.29, 0.717) is 10.9 Å². The molecule has 124 valence electrons. The number of hydrogen-bond donors (Lipinski definition) is 1. The lowest BCUT2D eigenvalue weighted by atomic mass is 9.92. The summed E-state index contributed by atoms with van der Waals surface area (Å²) in [7, 11) is -3.95. The minimum Gasteiger partial charge on any atom is -0.391 e. The summed E-state index contributed by atoms with van der Waals surface area (Å²) >= 11 is 0. The molecule has 25 heavy (non-hydrogen) atoms. The Kier molecular flexibility index (Phi) is 3.56. The summed E-state index contributed by atoms with van der Waals surface area (Å²) in [6, 6.07) is 18.9. The van der Waals surface area contributed by atoms with Gasteiger partial charge in [-0.05, 0) is 22.4 Å². The lowest BCUT2D eigenvalue weighted by molar-refractivity contribution is 0.105. The maximum Gasteiger partial charge on any atom is 0.206 e. The number of hydrogen-bond acceptors (Lipinski definition) is 4. The van der Waals surface area contributed by atoms with Gasteiger partial charge in [-0.1, -0.05) is 60.7 Å². The van der Waals surface area contributed by atoms with E-state index in [2.05, 4.69) is 0 Å². The van der Waals surface area contributed by atoms with E-state index in [-0.39, 0.29) is 26.7 Å². The van der Waals surface area contributed by atoms with E-state index in [0.717, 1.165) is 5.39 Å². The van der Waals surface area contributed by atoms with Gasteiger partial charge in [-0.2, -0.15) is 0 Å². The predicted octanol–water partition coefficient (Wildman–Crippen LogP) is 3.21. The molecule has 1 aliphatic rings. The first-order valence-electron chi connectivity index (χ1n) is 7.76. The quantitative estimate of drug-likeness (QED) is 0.770. The highest BCUT2D eigenvalue weighted by Gasteiger charge is 2.38. The number of fused-ring (bicyclic) bond motifs is 3. The van der Waals surface area contributed by atoms with E-state index in [9.17, 15) is 18.3 Å². The molecule has 1 N–H and O–H groups in total. The molecular formula is C20H14O4S. The van der Waals surface area contributed by atoms with E-state index in [1.807, 2.05) is 12.1 Å². The molecule has 0 aromatic heterocycles. The number of ketones is 1. The third-order valence-electron chi connectivity index (χ3n) is 4.44. The molecule has 3 aromatic rings. The number of aliphatic hydroxyl groups is 1. The van der Waals surface area contributed by atoms with Crippen LogP contribution in [0.5, 0.6) is 0 Å². The zero-order chi connectivity index (χ0) is 17.6. The fourth-order valence-electron chi connectivity index (χ4n) is 3.29. The average molecular weight is 350 g/mol. The molecule has 4 nitrogen and oxygen atoms in total. The Morgan fingerprint density at radius 1 is 0.840 bits per heavy atom. The van der Waals surface area contributed by atoms with Crippen LogP contribution in [-0.4, -0.2) is 25.9 Å². The fourth-order valence-corrected chi connectivity index (χ4v) is 4.92. The van der Waals surface area contributed by atoms with E-state index in [1.54, 1.807) is 48.5 Å². The van der Waals surface area contributed by atoms with Gasteiger partial charge in [0.2, 0.25) is 9.84 Å². The third-order valence-corrected chi connectivity index (χ3v) is 6.34. The van der Waals surface area contributed by atoms with Crippen molar-refractivity contribution in [2.45, 2.75) is 4.90 Å². The summed E-state index contributed by atoms with van der Waals surface area (Å²) in [5.74, 6) is -0.378. The Morgan fingerprint density at radius 2 is 1.52 bits per heavy atom. The molecule has 0 radical (unpaired) electrons. The highest BCUT2D eigenvalue weighted by atomic mass is 32.2. The second kappa shape index (κ2) is 5.65. The molecule has 1 aliphatic heterocycles. The molecule has 4 rings (SSSR count). The van der Waals surface area contributed by atoms with Crippen LogP contribution < -0.4 is 0 Å². The molecule has 0 fully saturated rings. The van der Waals surface area contributed by atoms with Crippen LogP contribution in [0.3, 0.4) is 0 Å². The number of allylic oxidation sites excluding steroid dienone is 1. The average Bonchev–Trinajstić information content (AvgIpc) is 2.64. The first kappa shape index (κ1) is 15.7. The van der Waals surface area contributed by atoms with Crippen molar-refractivity contribution < 1.29 is 18.3 Å². The number of carbonyl (C=O) groups is 1. The van der Waals surface area contributed by atoms with Crippen molar-refractivity contribution in [2.75, 3.05) is 6.61 Å². The van der Waals surface area contributed by atoms with Crippen LogP contribution >= 0.6 is 0 Å². The first-order chi connectivity index (χ1) is 12.1. The van der Waals surface area contributed by atoms with Crippen molar-refractivity contribution in [2.24, 2.45) is 0 Å². The highest BCUT2D eigenvalue weighted by molar-refractivity contribution is 7.95. The summed E-state index contributed by atoms with van der Waals surface area (Å²) in [6.07, 6.45) is 0. The Hall–Kier alpha value is -2.76. The topological polar surface area (TPSA) is 71.4 Å². The Balaban J connectivity index is 2.14. The monoisotopic (exact) mass is 350 g/mol. The molecule has 3 aromatic carbocycles. The van der Waals surface area contributed by atoms with Gasteiger partial charge in [0, 0.05) is 11.1 Å². The number of aliphatic hydroxyl groups excluding tert-OH is 1. The molecule has 0 atom stereocenters. The van der Waals surface area contributed by atoms with Gasteiger partial charge in [0.25, 0.3) is 0 Å². The summed E-state index contributed by atoms with van der Waals surface area (Å²) in [5, 5.41) is 11.1. The minimum absolute atomic E-state index is 0.0417. The van der Waals surface area contributed by atoms with E-state index in [1.165, 1.54) is 6.07 Å². The van der Waals surface area contributed by atoms with Crippen LogP contribution in [0.15, 0.2) is 76.5 Å². The summed E-state index contributed by atoms with van der Waals surface area (Å²) < 4.78 is 26.1. The normalized spacial score (nSPS) is 16.1. The zero-order valence-electron chi connectivity index (χ0n) is 13.1. The van der Waals surface area contributed by atoms with Crippen molar-refractivity contribution in [3.05, 3.63) is 82.8 Å². The van der Waals surface area contributed by atoms with Gasteiger partial charge in [-0.25, -0.2) is 8.42 Å². The van der Waals surface area contributed by atoms with Gasteiger partial charge < -0.3 is 5.11 Å². The van der Waals surface area contributed by atoms with Crippen LogP contribution in [0, 0.1) is 0 Å². The van der Waals surface area contributed by atoms with E-state index < -0.39 is 16.4 Å². The lowest BCUT2D eigenvalue weighted by Crippen LogP contribution is -2.23. The lowest BCUT2D eigenvalue weighted by Gasteiger charge is -2.22. The summed E-state index contributed by atoms with van der Waals surface area (Å²) in [4.78, 5) is 13.0. The molecule has 0 saturated heterocycles. The highest BCUT2D eigenvalue weighted by Crippen LogP contribution is 2.40. The standard InChI is InChI=1S/C20H14O4S/c21-12-17-18(14-7-2-1-3-8-14)20(22)19-15-9-5-4-6-13(15)10-11-16(19)25(17,23)24/h1-11,21H,12H2. The third kappa shape index (κ3) is 2.24. The Labute approximate surface area is 145 Å².